The number of hydrogen-bond donors (Lipinski definition) is 2. The Morgan fingerprint density at radius 3 is 2.85 bits per heavy atom. The molecule has 0 heterocycles. The summed E-state index contributed by atoms with van der Waals surface area (Å²) < 4.78 is 0. The molecule has 1 fully saturated rings. The van der Waals surface area contributed by atoms with E-state index >= 15 is 0 Å². The monoisotopic (exact) mass is 294 g/mol. The Hall–Kier alpha value is -1.06. The van der Waals surface area contributed by atoms with Crippen LogP contribution in [0.25, 0.3) is 0 Å². The smallest absolute Gasteiger partial charge is 0.225 e. The fraction of sp³-hybridized carbons (Fsp3) is 0.562. The van der Waals surface area contributed by atoms with E-state index in [1.807, 2.05) is 24.3 Å². The van der Waals surface area contributed by atoms with Gasteiger partial charge in [-0.05, 0) is 37.0 Å². The van der Waals surface area contributed by atoms with Crippen LogP contribution in [-0.2, 0) is 4.79 Å². The van der Waals surface area contributed by atoms with E-state index in [9.17, 15) is 4.79 Å². The normalized spacial score (nSPS) is 24.1. The number of rotatable bonds is 4. The van der Waals surface area contributed by atoms with E-state index in [2.05, 4.69) is 12.2 Å². The molecule has 0 aliphatic heterocycles. The van der Waals surface area contributed by atoms with Gasteiger partial charge in [0.1, 0.15) is 0 Å². The van der Waals surface area contributed by atoms with Gasteiger partial charge in [-0.1, -0.05) is 43.5 Å². The summed E-state index contributed by atoms with van der Waals surface area (Å²) in [7, 11) is 0. The zero-order valence-corrected chi connectivity index (χ0v) is 12.7. The van der Waals surface area contributed by atoms with Crippen LogP contribution < -0.4 is 11.1 Å². The number of hydrogen-bond acceptors (Lipinski definition) is 2. The Morgan fingerprint density at radius 1 is 1.45 bits per heavy atom. The Morgan fingerprint density at radius 2 is 2.20 bits per heavy atom. The van der Waals surface area contributed by atoms with E-state index in [1.165, 1.54) is 0 Å². The molecule has 1 aromatic rings. The minimum absolute atomic E-state index is 0.000572. The predicted molar refractivity (Wildman–Crippen MR) is 82.6 cm³/mol. The third-order valence-corrected chi connectivity index (χ3v) is 4.37. The predicted octanol–water partition coefficient (Wildman–Crippen LogP) is 3.42. The summed E-state index contributed by atoms with van der Waals surface area (Å²) in [6, 6.07) is 7.68. The second-order valence-corrected chi connectivity index (χ2v) is 6.02. The second kappa shape index (κ2) is 7.09. The fourth-order valence-electron chi connectivity index (χ4n) is 2.91. The lowest BCUT2D eigenvalue weighted by Gasteiger charge is -2.29. The van der Waals surface area contributed by atoms with Crippen LogP contribution >= 0.6 is 11.6 Å². The Labute approximate surface area is 125 Å². The standard InChI is InChI=1S/C16H23ClN2O/c1-2-15(11-6-5-7-12(17)10-11)19-16(20)13-8-3-4-9-14(13)18/h5-7,10,13-15H,2-4,8-9,18H2,1H3,(H,19,20). The number of amides is 1. The molecule has 3 atom stereocenters. The molecule has 1 aromatic carbocycles. The topological polar surface area (TPSA) is 55.1 Å². The van der Waals surface area contributed by atoms with Crippen molar-refractivity contribution in [1.29, 1.82) is 0 Å². The summed E-state index contributed by atoms with van der Waals surface area (Å²) in [5.74, 6) is 0.0426. The lowest BCUT2D eigenvalue weighted by atomic mass is 9.84. The van der Waals surface area contributed by atoms with Gasteiger partial charge in [-0.2, -0.15) is 0 Å². The first kappa shape index (κ1) is 15.3. The molecule has 0 bridgehead atoms. The molecule has 0 aromatic heterocycles. The van der Waals surface area contributed by atoms with Gasteiger partial charge in [0, 0.05) is 11.1 Å². The van der Waals surface area contributed by atoms with Crippen molar-refractivity contribution in [3.63, 3.8) is 0 Å². The van der Waals surface area contributed by atoms with Crippen LogP contribution in [0.15, 0.2) is 24.3 Å². The molecule has 1 aliphatic carbocycles. The Kier molecular flexibility index (Phi) is 5.44. The van der Waals surface area contributed by atoms with Crippen LogP contribution in [0.4, 0.5) is 0 Å². The van der Waals surface area contributed by atoms with Crippen molar-refractivity contribution >= 4 is 17.5 Å². The minimum Gasteiger partial charge on any atom is -0.349 e. The number of carbonyl (C=O) groups is 1. The molecule has 0 saturated heterocycles. The van der Waals surface area contributed by atoms with Crippen molar-refractivity contribution in [3.8, 4) is 0 Å². The van der Waals surface area contributed by atoms with E-state index in [0.717, 1.165) is 37.7 Å². The lowest BCUT2D eigenvalue weighted by molar-refractivity contribution is -0.127. The molecule has 0 radical (unpaired) electrons. The SMILES string of the molecule is CCC(NC(=O)C1CCCCC1N)c1cccc(Cl)c1. The zero-order chi connectivity index (χ0) is 14.5. The maximum absolute atomic E-state index is 12.4. The molecule has 1 amide bonds. The van der Waals surface area contributed by atoms with Gasteiger partial charge in [-0.25, -0.2) is 0 Å². The number of nitrogens with one attached hydrogen (secondary N) is 1. The van der Waals surface area contributed by atoms with Crippen LogP contribution in [0.5, 0.6) is 0 Å². The van der Waals surface area contributed by atoms with Crippen molar-refractivity contribution in [2.24, 2.45) is 11.7 Å². The van der Waals surface area contributed by atoms with Gasteiger partial charge in [0.25, 0.3) is 0 Å². The van der Waals surface area contributed by atoms with Gasteiger partial charge in [-0.3, -0.25) is 4.79 Å². The molecule has 3 N–H and O–H groups in total. The van der Waals surface area contributed by atoms with Gasteiger partial charge in [0.15, 0.2) is 0 Å². The van der Waals surface area contributed by atoms with Gasteiger partial charge in [0.2, 0.25) is 5.91 Å². The highest BCUT2D eigenvalue weighted by atomic mass is 35.5. The van der Waals surface area contributed by atoms with Crippen molar-refractivity contribution < 1.29 is 4.79 Å². The van der Waals surface area contributed by atoms with E-state index in [4.69, 9.17) is 17.3 Å². The summed E-state index contributed by atoms with van der Waals surface area (Å²) in [6.45, 7) is 2.06. The van der Waals surface area contributed by atoms with E-state index in [-0.39, 0.29) is 23.9 Å². The summed E-state index contributed by atoms with van der Waals surface area (Å²) in [6.07, 6.45) is 4.93. The van der Waals surface area contributed by atoms with E-state index < -0.39 is 0 Å². The van der Waals surface area contributed by atoms with Gasteiger partial charge >= 0.3 is 0 Å². The number of nitrogens with two attached hydrogens (primary N) is 1. The van der Waals surface area contributed by atoms with Crippen LogP contribution in [0.1, 0.15) is 50.6 Å². The molecule has 4 heteroatoms. The number of benzene rings is 1. The highest BCUT2D eigenvalue weighted by Gasteiger charge is 2.29. The summed E-state index contributed by atoms with van der Waals surface area (Å²) in [4.78, 5) is 12.4. The van der Waals surface area contributed by atoms with Crippen molar-refractivity contribution in [2.75, 3.05) is 0 Å². The molecule has 110 valence electrons. The fourth-order valence-corrected chi connectivity index (χ4v) is 3.11. The summed E-state index contributed by atoms with van der Waals surface area (Å²) >= 11 is 6.02. The maximum Gasteiger partial charge on any atom is 0.225 e. The minimum atomic E-state index is -0.0445. The van der Waals surface area contributed by atoms with Gasteiger partial charge in [0.05, 0.1) is 12.0 Å². The molecule has 1 aliphatic rings. The molecule has 1 saturated carbocycles. The molecular formula is C16H23ClN2O. The summed E-state index contributed by atoms with van der Waals surface area (Å²) in [5, 5.41) is 3.83. The maximum atomic E-state index is 12.4. The van der Waals surface area contributed by atoms with Gasteiger partial charge < -0.3 is 11.1 Å². The number of halogens is 1. The molecule has 0 spiro atoms. The van der Waals surface area contributed by atoms with Crippen LogP contribution in [0.3, 0.4) is 0 Å². The third-order valence-electron chi connectivity index (χ3n) is 4.13. The number of carbonyl (C=O) groups excluding carboxylic acids is 1. The summed E-state index contributed by atoms with van der Waals surface area (Å²) in [5.41, 5.74) is 7.13. The van der Waals surface area contributed by atoms with Crippen LogP contribution in [0.2, 0.25) is 5.02 Å². The van der Waals surface area contributed by atoms with Crippen molar-refractivity contribution in [1.82, 2.24) is 5.32 Å². The molecule has 3 nitrogen and oxygen atoms in total. The second-order valence-electron chi connectivity index (χ2n) is 5.58. The van der Waals surface area contributed by atoms with Crippen molar-refractivity contribution in [3.05, 3.63) is 34.9 Å². The van der Waals surface area contributed by atoms with Crippen LogP contribution in [-0.4, -0.2) is 11.9 Å². The first-order chi connectivity index (χ1) is 9.61. The zero-order valence-electron chi connectivity index (χ0n) is 11.9. The highest BCUT2D eigenvalue weighted by molar-refractivity contribution is 6.30. The largest absolute Gasteiger partial charge is 0.349 e. The first-order valence-corrected chi connectivity index (χ1v) is 7.81. The average Bonchev–Trinajstić information content (AvgIpc) is 2.45. The lowest BCUT2D eigenvalue weighted by Crippen LogP contribution is -2.44. The third kappa shape index (κ3) is 3.74. The van der Waals surface area contributed by atoms with Crippen LogP contribution in [0, 0.1) is 5.92 Å². The van der Waals surface area contributed by atoms with E-state index in [1.54, 1.807) is 0 Å². The Balaban J connectivity index is 2.04. The molecule has 20 heavy (non-hydrogen) atoms. The molecule has 3 unspecified atom stereocenters. The quantitative estimate of drug-likeness (QED) is 0.894. The Bertz CT molecular complexity index is 464. The first-order valence-electron chi connectivity index (χ1n) is 7.43. The highest BCUT2D eigenvalue weighted by Crippen LogP contribution is 2.25. The molecule has 2 rings (SSSR count). The average molecular weight is 295 g/mol. The molecular weight excluding hydrogens is 272 g/mol. The van der Waals surface area contributed by atoms with Crippen molar-refractivity contribution in [2.45, 2.75) is 51.1 Å². The van der Waals surface area contributed by atoms with E-state index in [0.29, 0.717) is 5.02 Å². The van der Waals surface area contributed by atoms with Gasteiger partial charge in [-0.15, -0.1) is 0 Å².